The first-order chi connectivity index (χ1) is 9.35. The van der Waals surface area contributed by atoms with Crippen molar-refractivity contribution < 1.29 is 4.42 Å². The molecule has 1 aromatic rings. The summed E-state index contributed by atoms with van der Waals surface area (Å²) in [6.45, 7) is 3.09. The maximum absolute atomic E-state index is 5.61. The Bertz CT molecular complexity index is 382. The minimum absolute atomic E-state index is 0.278. The van der Waals surface area contributed by atoms with Crippen molar-refractivity contribution in [3.05, 3.63) is 24.2 Å². The van der Waals surface area contributed by atoms with Crippen molar-refractivity contribution in [1.29, 1.82) is 0 Å². The summed E-state index contributed by atoms with van der Waals surface area (Å²) in [5.74, 6) is 1.84. The molecule has 0 amide bonds. The molecular weight excluding hydrogens is 240 g/mol. The van der Waals surface area contributed by atoms with E-state index in [4.69, 9.17) is 4.42 Å². The average Bonchev–Trinajstić information content (AvgIpc) is 2.99. The van der Waals surface area contributed by atoms with Crippen LogP contribution in [0.5, 0.6) is 0 Å². The van der Waals surface area contributed by atoms with Gasteiger partial charge in [-0.25, -0.2) is 0 Å². The summed E-state index contributed by atoms with van der Waals surface area (Å²) in [7, 11) is 3.65. The Morgan fingerprint density at radius 1 is 1.42 bits per heavy atom. The molecule has 5 nitrogen and oxygen atoms in total. The number of guanidine groups is 1. The van der Waals surface area contributed by atoms with E-state index in [1.807, 2.05) is 13.1 Å². The average molecular weight is 264 g/mol. The number of likely N-dealkylation sites (tertiary alicyclic amines) is 1. The fourth-order valence-electron chi connectivity index (χ4n) is 2.59. The normalized spacial score (nSPS) is 19.2. The van der Waals surface area contributed by atoms with E-state index in [-0.39, 0.29) is 6.04 Å². The molecule has 2 N–H and O–H groups in total. The molecule has 0 unspecified atom stereocenters. The van der Waals surface area contributed by atoms with Crippen molar-refractivity contribution in [2.45, 2.75) is 25.3 Å². The first kappa shape index (κ1) is 13.9. The van der Waals surface area contributed by atoms with E-state index >= 15 is 0 Å². The summed E-state index contributed by atoms with van der Waals surface area (Å²) in [6.07, 6.45) is 5.64. The summed E-state index contributed by atoms with van der Waals surface area (Å²) in [6, 6.07) is 4.29. The number of furan rings is 1. The van der Waals surface area contributed by atoms with Crippen molar-refractivity contribution in [2.24, 2.45) is 4.99 Å². The van der Waals surface area contributed by atoms with Crippen LogP contribution in [-0.2, 0) is 0 Å². The molecule has 2 heterocycles. The van der Waals surface area contributed by atoms with Gasteiger partial charge in [0.25, 0.3) is 0 Å². The number of rotatable bonds is 4. The fourth-order valence-corrected chi connectivity index (χ4v) is 2.59. The van der Waals surface area contributed by atoms with Gasteiger partial charge in [-0.05, 0) is 38.1 Å². The second-order valence-corrected chi connectivity index (χ2v) is 4.83. The molecule has 0 aromatic carbocycles. The molecule has 1 aromatic heterocycles. The van der Waals surface area contributed by atoms with E-state index in [1.54, 1.807) is 13.3 Å². The second kappa shape index (κ2) is 7.19. The predicted octanol–water partition coefficient (Wildman–Crippen LogP) is 1.60. The second-order valence-electron chi connectivity index (χ2n) is 4.83. The lowest BCUT2D eigenvalue weighted by molar-refractivity contribution is 0.146. The Labute approximate surface area is 115 Å². The molecule has 19 heavy (non-hydrogen) atoms. The van der Waals surface area contributed by atoms with Gasteiger partial charge in [-0.1, -0.05) is 6.42 Å². The van der Waals surface area contributed by atoms with Crippen molar-refractivity contribution in [3.8, 4) is 0 Å². The molecule has 5 heteroatoms. The van der Waals surface area contributed by atoms with Gasteiger partial charge in [0.1, 0.15) is 5.76 Å². The quantitative estimate of drug-likeness (QED) is 0.641. The van der Waals surface area contributed by atoms with Crippen LogP contribution in [0.4, 0.5) is 0 Å². The van der Waals surface area contributed by atoms with Gasteiger partial charge in [0.05, 0.1) is 12.3 Å². The van der Waals surface area contributed by atoms with Crippen LogP contribution in [0, 0.1) is 0 Å². The number of piperidine rings is 1. The van der Waals surface area contributed by atoms with Crippen LogP contribution in [0.2, 0.25) is 0 Å². The van der Waals surface area contributed by atoms with Gasteiger partial charge in [-0.2, -0.15) is 0 Å². The summed E-state index contributed by atoms with van der Waals surface area (Å²) >= 11 is 0. The molecule has 106 valence electrons. The zero-order valence-electron chi connectivity index (χ0n) is 11.9. The number of hydrogen-bond acceptors (Lipinski definition) is 3. The molecule has 1 aliphatic heterocycles. The molecule has 1 saturated heterocycles. The van der Waals surface area contributed by atoms with Crippen LogP contribution in [0.3, 0.4) is 0 Å². The van der Waals surface area contributed by atoms with Crippen LogP contribution >= 0.6 is 0 Å². The lowest BCUT2D eigenvalue weighted by Gasteiger charge is -2.33. The first-order valence-corrected chi connectivity index (χ1v) is 7.01. The Hall–Kier alpha value is -1.49. The lowest BCUT2D eigenvalue weighted by Crippen LogP contribution is -2.43. The van der Waals surface area contributed by atoms with Gasteiger partial charge in [0.2, 0.25) is 0 Å². The highest BCUT2D eigenvalue weighted by Gasteiger charge is 2.24. The van der Waals surface area contributed by atoms with Crippen LogP contribution in [0.1, 0.15) is 31.1 Å². The van der Waals surface area contributed by atoms with Gasteiger partial charge in [-0.3, -0.25) is 9.89 Å². The van der Waals surface area contributed by atoms with Gasteiger partial charge < -0.3 is 15.1 Å². The summed E-state index contributed by atoms with van der Waals surface area (Å²) in [4.78, 5) is 6.65. The molecule has 1 atom stereocenters. The molecule has 1 fully saturated rings. The van der Waals surface area contributed by atoms with E-state index in [2.05, 4.69) is 26.6 Å². The summed E-state index contributed by atoms with van der Waals surface area (Å²) < 4.78 is 5.61. The highest BCUT2D eigenvalue weighted by atomic mass is 16.3. The van der Waals surface area contributed by atoms with E-state index in [0.29, 0.717) is 0 Å². The molecule has 0 saturated carbocycles. The molecule has 0 aliphatic carbocycles. The van der Waals surface area contributed by atoms with Crippen LogP contribution < -0.4 is 10.6 Å². The Morgan fingerprint density at radius 3 is 2.79 bits per heavy atom. The fraction of sp³-hybridized carbons (Fsp3) is 0.643. The zero-order chi connectivity index (χ0) is 13.5. The Kier molecular flexibility index (Phi) is 5.27. The first-order valence-electron chi connectivity index (χ1n) is 7.01. The van der Waals surface area contributed by atoms with Crippen molar-refractivity contribution in [2.75, 3.05) is 33.7 Å². The molecular formula is C14H24N4O. The van der Waals surface area contributed by atoms with Crippen molar-refractivity contribution >= 4 is 5.96 Å². The van der Waals surface area contributed by atoms with Gasteiger partial charge in [-0.15, -0.1) is 0 Å². The number of nitrogens with zero attached hydrogens (tertiary/aromatic N) is 2. The Morgan fingerprint density at radius 2 is 2.21 bits per heavy atom. The molecule has 0 radical (unpaired) electrons. The SMILES string of the molecule is CN=C(NC)NC[C@H](c1ccco1)N1CCCCC1. The number of nitrogens with one attached hydrogen (secondary N) is 2. The topological polar surface area (TPSA) is 52.8 Å². The number of aliphatic imine (C=N–C) groups is 1. The Balaban J connectivity index is 2.02. The summed E-state index contributed by atoms with van der Waals surface area (Å²) in [5, 5.41) is 6.39. The molecule has 2 rings (SSSR count). The third-order valence-electron chi connectivity index (χ3n) is 3.63. The highest BCUT2D eigenvalue weighted by Crippen LogP contribution is 2.24. The predicted molar refractivity (Wildman–Crippen MR) is 77.3 cm³/mol. The van der Waals surface area contributed by atoms with Gasteiger partial charge in [0.15, 0.2) is 5.96 Å². The maximum atomic E-state index is 5.61. The minimum atomic E-state index is 0.278. The van der Waals surface area contributed by atoms with Gasteiger partial charge in [0, 0.05) is 20.6 Å². The largest absolute Gasteiger partial charge is 0.468 e. The standard InChI is InChI=1S/C14H24N4O/c1-15-14(16-2)17-11-12(13-7-6-10-19-13)18-8-4-3-5-9-18/h6-7,10,12H,3-5,8-9,11H2,1-2H3,(H2,15,16,17)/t12-/m1/s1. The number of hydrogen-bond donors (Lipinski definition) is 2. The minimum Gasteiger partial charge on any atom is -0.468 e. The third kappa shape index (κ3) is 3.73. The lowest BCUT2D eigenvalue weighted by atomic mass is 10.1. The summed E-state index contributed by atoms with van der Waals surface area (Å²) in [5.41, 5.74) is 0. The van der Waals surface area contributed by atoms with Crippen LogP contribution in [-0.4, -0.2) is 44.6 Å². The third-order valence-corrected chi connectivity index (χ3v) is 3.63. The zero-order valence-corrected chi connectivity index (χ0v) is 11.9. The van der Waals surface area contributed by atoms with E-state index in [0.717, 1.165) is 31.4 Å². The monoisotopic (exact) mass is 264 g/mol. The van der Waals surface area contributed by atoms with Crippen LogP contribution in [0.15, 0.2) is 27.8 Å². The van der Waals surface area contributed by atoms with E-state index in [9.17, 15) is 0 Å². The van der Waals surface area contributed by atoms with Crippen LogP contribution in [0.25, 0.3) is 0 Å². The molecule has 0 bridgehead atoms. The highest BCUT2D eigenvalue weighted by molar-refractivity contribution is 5.79. The van der Waals surface area contributed by atoms with E-state index in [1.165, 1.54) is 19.3 Å². The van der Waals surface area contributed by atoms with Gasteiger partial charge >= 0.3 is 0 Å². The van der Waals surface area contributed by atoms with E-state index < -0.39 is 0 Å². The maximum Gasteiger partial charge on any atom is 0.190 e. The smallest absolute Gasteiger partial charge is 0.190 e. The molecule has 0 spiro atoms. The van der Waals surface area contributed by atoms with Crippen molar-refractivity contribution in [3.63, 3.8) is 0 Å². The molecule has 1 aliphatic rings. The van der Waals surface area contributed by atoms with Crippen molar-refractivity contribution in [1.82, 2.24) is 15.5 Å².